The van der Waals surface area contributed by atoms with Gasteiger partial charge in [0.05, 0.1) is 5.71 Å². The average Bonchev–Trinajstić information content (AvgIpc) is 2.62. The minimum absolute atomic E-state index is 0.0681. The Morgan fingerprint density at radius 1 is 0.957 bits per heavy atom. The zero-order chi connectivity index (χ0) is 16.2. The molecule has 0 fully saturated rings. The van der Waals surface area contributed by atoms with Gasteiger partial charge in [-0.3, -0.25) is 11.3 Å². The van der Waals surface area contributed by atoms with Crippen molar-refractivity contribution < 1.29 is 0 Å². The lowest BCUT2D eigenvalue weighted by molar-refractivity contribution is 1.13. The van der Waals surface area contributed by atoms with Crippen LogP contribution in [0, 0.1) is 5.41 Å². The molecule has 0 bridgehead atoms. The van der Waals surface area contributed by atoms with Gasteiger partial charge in [0.2, 0.25) is 5.28 Å². The third-order valence-corrected chi connectivity index (χ3v) is 3.54. The molecule has 0 unspecified atom stereocenters. The summed E-state index contributed by atoms with van der Waals surface area (Å²) in [6.07, 6.45) is 0. The molecule has 114 valence electrons. The summed E-state index contributed by atoms with van der Waals surface area (Å²) in [5.41, 5.74) is 5.78. The number of nitrogens with one attached hydrogen (secondary N) is 2. The van der Waals surface area contributed by atoms with Gasteiger partial charge in [-0.2, -0.15) is 0 Å². The molecule has 0 atom stereocenters. The molecule has 0 aliphatic rings. The normalized spacial score (nSPS) is 10.3. The predicted octanol–water partition coefficient (Wildman–Crippen LogP) is 3.50. The molecule has 1 aromatic heterocycles. The maximum atomic E-state index is 8.43. The molecule has 0 amide bonds. The average molecular weight is 324 g/mol. The fourth-order valence-corrected chi connectivity index (χ4v) is 2.47. The molecule has 0 aliphatic carbocycles. The van der Waals surface area contributed by atoms with Crippen molar-refractivity contribution in [2.45, 2.75) is 0 Å². The van der Waals surface area contributed by atoms with Gasteiger partial charge in [0.1, 0.15) is 17.1 Å². The van der Waals surface area contributed by atoms with Crippen LogP contribution in [0.25, 0.3) is 11.3 Å². The topological polar surface area (TPSA) is 87.7 Å². The van der Waals surface area contributed by atoms with E-state index in [-0.39, 0.29) is 11.0 Å². The van der Waals surface area contributed by atoms with E-state index < -0.39 is 0 Å². The monoisotopic (exact) mass is 323 g/mol. The van der Waals surface area contributed by atoms with Gasteiger partial charge in [-0.25, -0.2) is 9.97 Å². The number of rotatable bonds is 4. The summed E-state index contributed by atoms with van der Waals surface area (Å²) in [6, 6.07) is 18.8. The van der Waals surface area contributed by atoms with Crippen LogP contribution >= 0.6 is 11.6 Å². The van der Waals surface area contributed by atoms with Gasteiger partial charge in [0, 0.05) is 11.1 Å². The largest absolute Gasteiger partial charge is 0.320 e. The second-order valence-electron chi connectivity index (χ2n) is 4.82. The van der Waals surface area contributed by atoms with E-state index in [4.69, 9.17) is 22.9 Å². The number of anilines is 1. The number of nitrogens with zero attached hydrogens (tertiary/aromatic N) is 2. The van der Waals surface area contributed by atoms with Crippen LogP contribution in [0.15, 0.2) is 60.7 Å². The summed E-state index contributed by atoms with van der Waals surface area (Å²) in [4.78, 5) is 8.46. The summed E-state index contributed by atoms with van der Waals surface area (Å²) in [6.45, 7) is 0. The fraction of sp³-hybridized carbons (Fsp3) is 0. The Bertz CT molecular complexity index is 834. The number of hydrogen-bond acceptors (Lipinski definition) is 5. The number of halogens is 1. The Kier molecular flexibility index (Phi) is 4.32. The van der Waals surface area contributed by atoms with Crippen molar-refractivity contribution >= 4 is 23.0 Å². The van der Waals surface area contributed by atoms with E-state index in [1.807, 2.05) is 60.7 Å². The lowest BCUT2D eigenvalue weighted by Gasteiger charge is -2.14. The van der Waals surface area contributed by atoms with Crippen LogP contribution in [-0.2, 0) is 0 Å². The molecule has 3 aromatic rings. The zero-order valence-corrected chi connectivity index (χ0v) is 12.9. The summed E-state index contributed by atoms with van der Waals surface area (Å²) in [7, 11) is 0. The molecular formula is C17H14ClN5. The first-order chi connectivity index (χ1) is 11.2. The first kappa shape index (κ1) is 15.1. The number of aromatic nitrogens is 2. The minimum Gasteiger partial charge on any atom is -0.320 e. The van der Waals surface area contributed by atoms with Crippen molar-refractivity contribution in [2.24, 2.45) is 5.84 Å². The van der Waals surface area contributed by atoms with Crippen LogP contribution in [0.2, 0.25) is 5.28 Å². The molecule has 0 saturated heterocycles. The number of nitrogen functional groups attached to an aromatic ring is 1. The van der Waals surface area contributed by atoms with Crippen LogP contribution in [0.3, 0.4) is 0 Å². The predicted molar refractivity (Wildman–Crippen MR) is 92.7 cm³/mol. The first-order valence-electron chi connectivity index (χ1n) is 6.94. The van der Waals surface area contributed by atoms with Crippen molar-refractivity contribution in [3.8, 4) is 11.3 Å². The third-order valence-electron chi connectivity index (χ3n) is 3.37. The Morgan fingerprint density at radius 3 is 2.17 bits per heavy atom. The summed E-state index contributed by atoms with van der Waals surface area (Å²) < 4.78 is 0. The van der Waals surface area contributed by atoms with Crippen molar-refractivity contribution in [1.29, 1.82) is 5.41 Å². The van der Waals surface area contributed by atoms with Crippen molar-refractivity contribution in [3.05, 3.63) is 77.2 Å². The smallest absolute Gasteiger partial charge is 0.223 e. The molecule has 0 saturated carbocycles. The van der Waals surface area contributed by atoms with E-state index in [0.29, 0.717) is 17.1 Å². The number of benzene rings is 2. The standard InChI is InChI=1S/C17H14ClN5/c18-17-21-14(12-9-5-2-6-10-12)16(23-20)15(22-17)13(19)11-7-3-1-4-8-11/h1-10,19,23H,20H2. The highest BCUT2D eigenvalue weighted by molar-refractivity contribution is 6.29. The van der Waals surface area contributed by atoms with Gasteiger partial charge in [-0.05, 0) is 11.6 Å². The number of nitrogens with two attached hydrogens (primary N) is 1. The van der Waals surface area contributed by atoms with Crippen LogP contribution in [-0.4, -0.2) is 15.7 Å². The quantitative estimate of drug-likeness (QED) is 0.297. The van der Waals surface area contributed by atoms with Crippen LogP contribution in [0.5, 0.6) is 0 Å². The Balaban J connectivity index is 2.18. The van der Waals surface area contributed by atoms with E-state index in [9.17, 15) is 0 Å². The molecule has 4 N–H and O–H groups in total. The molecule has 5 nitrogen and oxygen atoms in total. The Morgan fingerprint density at radius 2 is 1.57 bits per heavy atom. The number of hydrazine groups is 1. The maximum absolute atomic E-state index is 8.43. The van der Waals surface area contributed by atoms with E-state index in [1.54, 1.807) is 0 Å². The minimum atomic E-state index is 0.0681. The Labute approximate surface area is 138 Å². The highest BCUT2D eigenvalue weighted by atomic mass is 35.5. The molecular weight excluding hydrogens is 310 g/mol. The second kappa shape index (κ2) is 6.56. The van der Waals surface area contributed by atoms with Gasteiger partial charge in [-0.15, -0.1) is 0 Å². The SMILES string of the molecule is N=C(c1ccccc1)c1nc(Cl)nc(-c2ccccc2)c1NN. The third kappa shape index (κ3) is 3.06. The first-order valence-corrected chi connectivity index (χ1v) is 7.32. The summed E-state index contributed by atoms with van der Waals surface area (Å²) in [5.74, 6) is 5.68. The van der Waals surface area contributed by atoms with E-state index in [0.717, 1.165) is 11.1 Å². The highest BCUT2D eigenvalue weighted by Gasteiger charge is 2.18. The van der Waals surface area contributed by atoms with Gasteiger partial charge in [0.15, 0.2) is 0 Å². The van der Waals surface area contributed by atoms with E-state index >= 15 is 0 Å². The van der Waals surface area contributed by atoms with Gasteiger partial charge < -0.3 is 5.43 Å². The van der Waals surface area contributed by atoms with Crippen LogP contribution < -0.4 is 11.3 Å². The van der Waals surface area contributed by atoms with Gasteiger partial charge in [0.25, 0.3) is 0 Å². The molecule has 3 rings (SSSR count). The van der Waals surface area contributed by atoms with Crippen molar-refractivity contribution in [2.75, 3.05) is 5.43 Å². The molecule has 0 spiro atoms. The molecule has 1 heterocycles. The highest BCUT2D eigenvalue weighted by Crippen LogP contribution is 2.30. The van der Waals surface area contributed by atoms with Crippen molar-refractivity contribution in [1.82, 2.24) is 9.97 Å². The van der Waals surface area contributed by atoms with Crippen molar-refractivity contribution in [3.63, 3.8) is 0 Å². The lowest BCUT2D eigenvalue weighted by Crippen LogP contribution is -2.17. The lowest BCUT2D eigenvalue weighted by atomic mass is 10.0. The molecule has 0 aliphatic heterocycles. The van der Waals surface area contributed by atoms with Crippen LogP contribution in [0.1, 0.15) is 11.3 Å². The molecule has 0 radical (unpaired) electrons. The number of hydrogen-bond donors (Lipinski definition) is 3. The van der Waals surface area contributed by atoms with E-state index in [2.05, 4.69) is 15.4 Å². The Hall–Kier alpha value is -2.76. The van der Waals surface area contributed by atoms with Gasteiger partial charge >= 0.3 is 0 Å². The molecule has 6 heteroatoms. The maximum Gasteiger partial charge on any atom is 0.223 e. The fourth-order valence-electron chi connectivity index (χ4n) is 2.30. The van der Waals surface area contributed by atoms with E-state index in [1.165, 1.54) is 0 Å². The zero-order valence-electron chi connectivity index (χ0n) is 12.1. The summed E-state index contributed by atoms with van der Waals surface area (Å²) >= 11 is 6.07. The second-order valence-corrected chi connectivity index (χ2v) is 5.15. The molecule has 23 heavy (non-hydrogen) atoms. The van der Waals surface area contributed by atoms with Gasteiger partial charge in [-0.1, -0.05) is 60.7 Å². The summed E-state index contributed by atoms with van der Waals surface area (Å²) in [5, 5.41) is 8.49. The van der Waals surface area contributed by atoms with Crippen LogP contribution in [0.4, 0.5) is 5.69 Å². The molecule has 2 aromatic carbocycles.